The van der Waals surface area contributed by atoms with Gasteiger partial charge in [-0.3, -0.25) is 0 Å². The van der Waals surface area contributed by atoms with Crippen LogP contribution < -0.4 is 14.2 Å². The zero-order valence-electron chi connectivity index (χ0n) is 22.6. The predicted octanol–water partition coefficient (Wildman–Crippen LogP) is 8.68. The number of benzene rings is 2. The third-order valence-corrected chi connectivity index (χ3v) is 6.33. The number of hydrogen-bond donors (Lipinski definition) is 0. The minimum atomic E-state index is 0.702. The summed E-state index contributed by atoms with van der Waals surface area (Å²) >= 11 is 0. The summed E-state index contributed by atoms with van der Waals surface area (Å²) in [6, 6.07) is 18.1. The topological polar surface area (TPSA) is 53.5 Å². The number of ether oxygens (including phenoxy) is 3. The molecule has 0 amide bonds. The highest BCUT2D eigenvalue weighted by Gasteiger charge is 2.04. The maximum absolute atomic E-state index is 5.85. The zero-order valence-corrected chi connectivity index (χ0v) is 22.6. The first-order valence-electron chi connectivity index (χ1n) is 14.2. The van der Waals surface area contributed by atoms with E-state index in [1.807, 2.05) is 54.6 Å². The Morgan fingerprint density at radius 1 is 0.486 bits per heavy atom. The van der Waals surface area contributed by atoms with Gasteiger partial charge in [-0.1, -0.05) is 82.9 Å². The lowest BCUT2D eigenvalue weighted by atomic mass is 10.1. The van der Waals surface area contributed by atoms with Gasteiger partial charge >= 0.3 is 0 Å². The summed E-state index contributed by atoms with van der Waals surface area (Å²) in [6.07, 6.45) is 18.1. The molecular formula is C32H44N2O3. The number of unbranched alkanes of at least 4 members (excludes halogenated alkanes) is 10. The van der Waals surface area contributed by atoms with Crippen molar-refractivity contribution < 1.29 is 14.2 Å². The summed E-state index contributed by atoms with van der Waals surface area (Å²) in [4.78, 5) is 8.96. The molecule has 2 aromatic carbocycles. The molecule has 0 spiro atoms. The molecule has 0 aliphatic heterocycles. The van der Waals surface area contributed by atoms with Gasteiger partial charge in [-0.25, -0.2) is 9.97 Å². The first-order valence-corrected chi connectivity index (χ1v) is 14.2. The van der Waals surface area contributed by atoms with Gasteiger partial charge in [0, 0.05) is 5.56 Å². The standard InChI is InChI=1S/C32H44N2O3/c1-2-3-4-8-14-24-36-30-21-19-28(20-22-30)32-33-26-31(27-34-32)37-25-16-10-7-5-6-9-15-23-35-29-17-12-11-13-18-29/h11-13,17-22,26-27H,2-10,14-16,23-25H2,1H3. The molecule has 0 saturated carbocycles. The van der Waals surface area contributed by atoms with Gasteiger partial charge in [0.25, 0.3) is 0 Å². The highest BCUT2D eigenvalue weighted by atomic mass is 16.5. The fourth-order valence-corrected chi connectivity index (χ4v) is 4.12. The molecule has 5 heteroatoms. The van der Waals surface area contributed by atoms with E-state index in [9.17, 15) is 0 Å². The van der Waals surface area contributed by atoms with Crippen LogP contribution in [0, 0.1) is 0 Å². The highest BCUT2D eigenvalue weighted by Crippen LogP contribution is 2.21. The Hall–Kier alpha value is -3.08. The Kier molecular flexibility index (Phi) is 14.0. The molecule has 1 heterocycles. The molecule has 200 valence electrons. The summed E-state index contributed by atoms with van der Waals surface area (Å²) in [5.74, 6) is 3.29. The lowest BCUT2D eigenvalue weighted by Crippen LogP contribution is -1.99. The number of aromatic nitrogens is 2. The fourth-order valence-electron chi connectivity index (χ4n) is 4.12. The van der Waals surface area contributed by atoms with E-state index in [0.29, 0.717) is 12.4 Å². The summed E-state index contributed by atoms with van der Waals surface area (Å²) < 4.78 is 17.4. The molecule has 0 N–H and O–H groups in total. The van der Waals surface area contributed by atoms with Crippen LogP contribution >= 0.6 is 0 Å². The van der Waals surface area contributed by atoms with Crippen molar-refractivity contribution in [2.75, 3.05) is 19.8 Å². The largest absolute Gasteiger partial charge is 0.494 e. The van der Waals surface area contributed by atoms with Crippen molar-refractivity contribution in [1.29, 1.82) is 0 Å². The SMILES string of the molecule is CCCCCCCOc1ccc(-c2ncc(OCCCCCCCCCOc3ccccc3)cn2)cc1. The summed E-state index contributed by atoms with van der Waals surface area (Å²) in [6.45, 7) is 4.52. The molecule has 3 rings (SSSR count). The van der Waals surface area contributed by atoms with Crippen LogP contribution in [0.4, 0.5) is 0 Å². The number of rotatable bonds is 20. The lowest BCUT2D eigenvalue weighted by Gasteiger charge is -2.08. The third kappa shape index (κ3) is 12.1. The van der Waals surface area contributed by atoms with E-state index in [2.05, 4.69) is 16.9 Å². The number of nitrogens with zero attached hydrogens (tertiary/aromatic N) is 2. The Morgan fingerprint density at radius 2 is 0.946 bits per heavy atom. The maximum Gasteiger partial charge on any atom is 0.159 e. The molecule has 5 nitrogen and oxygen atoms in total. The Morgan fingerprint density at radius 3 is 1.49 bits per heavy atom. The molecule has 0 unspecified atom stereocenters. The molecule has 0 atom stereocenters. The quantitative estimate of drug-likeness (QED) is 0.144. The molecule has 0 fully saturated rings. The second-order valence-corrected chi connectivity index (χ2v) is 9.51. The van der Waals surface area contributed by atoms with Crippen LogP contribution in [0.2, 0.25) is 0 Å². The Labute approximate surface area is 223 Å². The fraction of sp³-hybridized carbons (Fsp3) is 0.500. The second-order valence-electron chi connectivity index (χ2n) is 9.51. The zero-order chi connectivity index (χ0) is 25.8. The van der Waals surface area contributed by atoms with Crippen molar-refractivity contribution in [2.24, 2.45) is 0 Å². The van der Waals surface area contributed by atoms with Crippen molar-refractivity contribution in [2.45, 2.75) is 84.0 Å². The van der Waals surface area contributed by atoms with E-state index >= 15 is 0 Å². The molecule has 0 aliphatic rings. The minimum Gasteiger partial charge on any atom is -0.494 e. The molecule has 0 aliphatic carbocycles. The van der Waals surface area contributed by atoms with Crippen molar-refractivity contribution in [3.05, 3.63) is 67.0 Å². The average Bonchev–Trinajstić information content (AvgIpc) is 2.95. The van der Waals surface area contributed by atoms with Gasteiger partial charge in [-0.05, 0) is 55.7 Å². The van der Waals surface area contributed by atoms with Crippen LogP contribution in [0.25, 0.3) is 11.4 Å². The molecule has 3 aromatic rings. The van der Waals surface area contributed by atoms with Crippen LogP contribution in [-0.4, -0.2) is 29.8 Å². The van der Waals surface area contributed by atoms with Gasteiger partial charge in [0.15, 0.2) is 11.6 Å². The van der Waals surface area contributed by atoms with Crippen molar-refractivity contribution >= 4 is 0 Å². The van der Waals surface area contributed by atoms with Crippen LogP contribution in [0.15, 0.2) is 67.0 Å². The van der Waals surface area contributed by atoms with Crippen LogP contribution in [-0.2, 0) is 0 Å². The Bertz CT molecular complexity index is 946. The van der Waals surface area contributed by atoms with Crippen molar-refractivity contribution in [1.82, 2.24) is 9.97 Å². The Balaban J connectivity index is 1.20. The van der Waals surface area contributed by atoms with Crippen LogP contribution in [0.1, 0.15) is 84.0 Å². The maximum atomic E-state index is 5.85. The molecule has 0 bridgehead atoms. The van der Waals surface area contributed by atoms with Gasteiger partial charge in [0.1, 0.15) is 11.5 Å². The van der Waals surface area contributed by atoms with E-state index in [1.165, 1.54) is 57.8 Å². The lowest BCUT2D eigenvalue weighted by molar-refractivity contribution is 0.298. The second kappa shape index (κ2) is 18.2. The van der Waals surface area contributed by atoms with E-state index in [0.717, 1.165) is 55.3 Å². The van der Waals surface area contributed by atoms with E-state index in [4.69, 9.17) is 14.2 Å². The van der Waals surface area contributed by atoms with Crippen molar-refractivity contribution in [3.63, 3.8) is 0 Å². The monoisotopic (exact) mass is 504 g/mol. The molecule has 0 saturated heterocycles. The molecule has 0 radical (unpaired) electrons. The summed E-state index contributed by atoms with van der Waals surface area (Å²) in [5.41, 5.74) is 0.980. The number of hydrogen-bond acceptors (Lipinski definition) is 5. The smallest absolute Gasteiger partial charge is 0.159 e. The summed E-state index contributed by atoms with van der Waals surface area (Å²) in [7, 11) is 0. The average molecular weight is 505 g/mol. The van der Waals surface area contributed by atoms with Gasteiger partial charge < -0.3 is 14.2 Å². The molecular weight excluding hydrogens is 460 g/mol. The van der Waals surface area contributed by atoms with Crippen LogP contribution in [0.5, 0.6) is 17.2 Å². The van der Waals surface area contributed by atoms with Gasteiger partial charge in [-0.2, -0.15) is 0 Å². The van der Waals surface area contributed by atoms with Crippen LogP contribution in [0.3, 0.4) is 0 Å². The predicted molar refractivity (Wildman–Crippen MR) is 151 cm³/mol. The van der Waals surface area contributed by atoms with E-state index < -0.39 is 0 Å². The van der Waals surface area contributed by atoms with Gasteiger partial charge in [0.05, 0.1) is 32.2 Å². The molecule has 37 heavy (non-hydrogen) atoms. The highest BCUT2D eigenvalue weighted by molar-refractivity contribution is 5.56. The summed E-state index contributed by atoms with van der Waals surface area (Å²) in [5, 5.41) is 0. The third-order valence-electron chi connectivity index (χ3n) is 6.33. The molecule has 1 aromatic heterocycles. The number of para-hydroxylation sites is 1. The first-order chi connectivity index (χ1) is 18.3. The minimum absolute atomic E-state index is 0.702. The normalized spacial score (nSPS) is 10.8. The first kappa shape index (κ1) is 28.5. The van der Waals surface area contributed by atoms with Crippen molar-refractivity contribution in [3.8, 4) is 28.6 Å². The van der Waals surface area contributed by atoms with E-state index in [1.54, 1.807) is 12.4 Å². The van der Waals surface area contributed by atoms with E-state index in [-0.39, 0.29) is 0 Å². The van der Waals surface area contributed by atoms with Gasteiger partial charge in [0.2, 0.25) is 0 Å². The van der Waals surface area contributed by atoms with Gasteiger partial charge in [-0.15, -0.1) is 0 Å².